The van der Waals surface area contributed by atoms with Gasteiger partial charge in [0.15, 0.2) is 0 Å². The molecule has 0 aliphatic heterocycles. The molecule has 7 aromatic rings. The van der Waals surface area contributed by atoms with Crippen molar-refractivity contribution in [3.8, 4) is 44.5 Å². The van der Waals surface area contributed by atoms with Gasteiger partial charge in [0, 0.05) is 39.7 Å². The Bertz CT molecular complexity index is 2340. The van der Waals surface area contributed by atoms with E-state index in [-0.39, 0.29) is 10.8 Å². The Morgan fingerprint density at radius 1 is 0.386 bits per heavy atom. The molecule has 0 radical (unpaired) electrons. The van der Waals surface area contributed by atoms with Gasteiger partial charge in [0.2, 0.25) is 0 Å². The lowest BCUT2D eigenvalue weighted by Crippen LogP contribution is -2.15. The Balaban J connectivity index is 1.12. The van der Waals surface area contributed by atoms with Crippen molar-refractivity contribution in [3.05, 3.63) is 144 Å². The van der Waals surface area contributed by atoms with Gasteiger partial charge in [-0.15, -0.1) is 0 Å². The van der Waals surface area contributed by atoms with Crippen LogP contribution in [0.3, 0.4) is 0 Å². The molecule has 0 unspecified atom stereocenters. The van der Waals surface area contributed by atoms with E-state index in [1.807, 2.05) is 0 Å². The van der Waals surface area contributed by atoms with Crippen molar-refractivity contribution >= 4 is 21.8 Å². The molecule has 44 heavy (non-hydrogen) atoms. The summed E-state index contributed by atoms with van der Waals surface area (Å²) in [6.07, 6.45) is 0. The summed E-state index contributed by atoms with van der Waals surface area (Å²) < 4.78 is 2.30. The van der Waals surface area contributed by atoms with Crippen LogP contribution in [0, 0.1) is 0 Å². The van der Waals surface area contributed by atoms with Crippen LogP contribution >= 0.6 is 0 Å². The van der Waals surface area contributed by atoms with E-state index < -0.39 is 0 Å². The van der Waals surface area contributed by atoms with E-state index in [0.717, 1.165) is 0 Å². The first kappa shape index (κ1) is 25.6. The minimum atomic E-state index is -0.0908. The van der Waals surface area contributed by atoms with Crippen LogP contribution in [0.15, 0.2) is 121 Å². The second-order valence-electron chi connectivity index (χ2n) is 13.9. The fourth-order valence-corrected chi connectivity index (χ4v) is 8.33. The lowest BCUT2D eigenvalue weighted by atomic mass is 9.80. The van der Waals surface area contributed by atoms with Crippen LogP contribution in [0.4, 0.5) is 0 Å². The molecular weight excluding hydrogens is 530 g/mol. The molecule has 0 saturated heterocycles. The van der Waals surface area contributed by atoms with Crippen molar-refractivity contribution in [1.82, 2.24) is 4.57 Å². The Hall–Kier alpha value is -4.88. The smallest absolute Gasteiger partial charge is 0.0489 e. The zero-order chi connectivity index (χ0) is 30.0. The summed E-state index contributed by atoms with van der Waals surface area (Å²) in [6, 6.07) is 45.8. The topological polar surface area (TPSA) is 4.93 Å². The monoisotopic (exact) mass is 565 g/mol. The third kappa shape index (κ3) is 3.30. The molecule has 0 spiro atoms. The molecule has 1 heteroatoms. The zero-order valence-electron chi connectivity index (χ0n) is 26.0. The lowest BCUT2D eigenvalue weighted by molar-refractivity contribution is 0.659. The molecule has 0 saturated carbocycles. The first-order valence-corrected chi connectivity index (χ1v) is 15.8. The molecule has 6 aromatic carbocycles. The summed E-state index contributed by atoms with van der Waals surface area (Å²) in [7, 11) is 2.16. The maximum atomic E-state index is 2.45. The van der Waals surface area contributed by atoms with Crippen molar-refractivity contribution < 1.29 is 0 Å². The van der Waals surface area contributed by atoms with E-state index in [4.69, 9.17) is 0 Å². The van der Waals surface area contributed by atoms with Crippen LogP contribution in [-0.4, -0.2) is 4.57 Å². The molecule has 2 aliphatic carbocycles. The van der Waals surface area contributed by atoms with E-state index in [9.17, 15) is 0 Å². The van der Waals surface area contributed by atoms with Crippen LogP contribution in [-0.2, 0) is 17.9 Å². The van der Waals surface area contributed by atoms with Crippen LogP contribution in [0.1, 0.15) is 49.9 Å². The standard InChI is InChI=1S/C43H35N/c1-42(2)36-12-8-6-10-30(36)31-18-15-28(24-37(31)42)29-16-20-33-32-19-14-27(23-38(32)43(3,4)39(33)25-29)26-17-21-41-35(22-26)34-11-7-9-13-40(34)44(41)5/h6-25H,1-5H3. The molecule has 0 amide bonds. The van der Waals surface area contributed by atoms with Crippen LogP contribution in [0.25, 0.3) is 66.3 Å². The zero-order valence-corrected chi connectivity index (χ0v) is 26.0. The summed E-state index contributed by atoms with van der Waals surface area (Å²) in [5.41, 5.74) is 18.7. The molecule has 1 nitrogen and oxygen atoms in total. The van der Waals surface area contributed by atoms with Gasteiger partial charge in [-0.3, -0.25) is 0 Å². The van der Waals surface area contributed by atoms with Gasteiger partial charge >= 0.3 is 0 Å². The molecule has 1 heterocycles. The lowest BCUT2D eigenvalue weighted by Gasteiger charge is -2.23. The average molecular weight is 566 g/mol. The van der Waals surface area contributed by atoms with Crippen molar-refractivity contribution in [1.29, 1.82) is 0 Å². The Labute approximate surface area is 259 Å². The number of aryl methyl sites for hydroxylation is 1. The molecule has 0 bridgehead atoms. The van der Waals surface area contributed by atoms with Crippen molar-refractivity contribution in [2.24, 2.45) is 7.05 Å². The van der Waals surface area contributed by atoms with Gasteiger partial charge in [-0.25, -0.2) is 0 Å². The Kier molecular flexibility index (Phi) is 5.01. The molecule has 212 valence electrons. The first-order chi connectivity index (χ1) is 21.2. The molecule has 9 rings (SSSR count). The molecule has 2 aliphatic rings. The van der Waals surface area contributed by atoms with Crippen LogP contribution < -0.4 is 0 Å². The third-order valence-corrected chi connectivity index (χ3v) is 10.8. The highest BCUT2D eigenvalue weighted by Crippen LogP contribution is 2.52. The van der Waals surface area contributed by atoms with E-state index in [1.165, 1.54) is 88.6 Å². The van der Waals surface area contributed by atoms with Gasteiger partial charge in [0.25, 0.3) is 0 Å². The van der Waals surface area contributed by atoms with Gasteiger partial charge in [0.05, 0.1) is 0 Å². The maximum absolute atomic E-state index is 2.45. The predicted octanol–water partition coefficient (Wildman–Crippen LogP) is 11.3. The van der Waals surface area contributed by atoms with Gasteiger partial charge in [0.1, 0.15) is 0 Å². The summed E-state index contributed by atoms with van der Waals surface area (Å²) in [6.45, 7) is 9.50. The molecule has 0 N–H and O–H groups in total. The van der Waals surface area contributed by atoms with Gasteiger partial charge in [-0.1, -0.05) is 113 Å². The average Bonchev–Trinajstić information content (AvgIpc) is 3.56. The fourth-order valence-electron chi connectivity index (χ4n) is 8.33. The summed E-state index contributed by atoms with van der Waals surface area (Å²) in [4.78, 5) is 0. The van der Waals surface area contributed by atoms with Crippen LogP contribution in [0.5, 0.6) is 0 Å². The van der Waals surface area contributed by atoms with Gasteiger partial charge in [-0.05, 0) is 103 Å². The second-order valence-corrected chi connectivity index (χ2v) is 13.9. The molecule has 0 fully saturated rings. The Morgan fingerprint density at radius 3 is 1.43 bits per heavy atom. The Morgan fingerprint density at radius 2 is 0.818 bits per heavy atom. The minimum absolute atomic E-state index is 0.000374. The van der Waals surface area contributed by atoms with Gasteiger partial charge < -0.3 is 4.57 Å². The normalized spacial score (nSPS) is 15.3. The summed E-state index contributed by atoms with van der Waals surface area (Å²) in [5.74, 6) is 0. The highest BCUT2D eigenvalue weighted by atomic mass is 14.9. The number of rotatable bonds is 2. The number of nitrogens with zero attached hydrogens (tertiary/aromatic N) is 1. The van der Waals surface area contributed by atoms with E-state index in [0.29, 0.717) is 0 Å². The highest BCUT2D eigenvalue weighted by molar-refractivity contribution is 6.09. The fraction of sp³-hybridized carbons (Fsp3) is 0.163. The second kappa shape index (κ2) is 8.61. The van der Waals surface area contributed by atoms with Crippen molar-refractivity contribution in [3.63, 3.8) is 0 Å². The maximum Gasteiger partial charge on any atom is 0.0489 e. The van der Waals surface area contributed by atoms with E-state index in [1.54, 1.807) is 0 Å². The van der Waals surface area contributed by atoms with E-state index >= 15 is 0 Å². The first-order valence-electron chi connectivity index (χ1n) is 15.8. The minimum Gasteiger partial charge on any atom is -0.344 e. The quantitative estimate of drug-likeness (QED) is 0.196. The van der Waals surface area contributed by atoms with Crippen molar-refractivity contribution in [2.45, 2.75) is 38.5 Å². The predicted molar refractivity (Wildman–Crippen MR) is 186 cm³/mol. The SMILES string of the molecule is Cn1c2ccccc2c2cc(-c3ccc4c(c3)C(C)(C)c3cc(-c5ccc6c(c5)C(C)(C)c5ccccc5-6)ccc3-4)ccc21. The number of hydrogen-bond donors (Lipinski definition) is 0. The third-order valence-electron chi connectivity index (χ3n) is 10.8. The van der Waals surface area contributed by atoms with Gasteiger partial charge in [-0.2, -0.15) is 0 Å². The number of aromatic nitrogens is 1. The number of para-hydroxylation sites is 1. The molecule has 1 aromatic heterocycles. The summed E-state index contributed by atoms with van der Waals surface area (Å²) in [5, 5.41) is 2.63. The highest BCUT2D eigenvalue weighted by Gasteiger charge is 2.37. The molecule has 0 atom stereocenters. The van der Waals surface area contributed by atoms with Crippen molar-refractivity contribution in [2.75, 3.05) is 0 Å². The van der Waals surface area contributed by atoms with Crippen LogP contribution in [0.2, 0.25) is 0 Å². The summed E-state index contributed by atoms with van der Waals surface area (Å²) >= 11 is 0. The molecular formula is C43H35N. The van der Waals surface area contributed by atoms with E-state index in [2.05, 4.69) is 161 Å². The largest absolute Gasteiger partial charge is 0.344 e. The number of benzene rings is 6. The number of fused-ring (bicyclic) bond motifs is 9. The number of hydrogen-bond acceptors (Lipinski definition) is 0.